The Kier molecular flexibility index (Phi) is 12.1. The number of alkyl halides is 2. The molecule has 0 saturated heterocycles. The number of nitrogens with two attached hydrogens (primary N) is 1. The Morgan fingerprint density at radius 1 is 0.800 bits per heavy atom. The summed E-state index contributed by atoms with van der Waals surface area (Å²) in [6.45, 7) is 13.4. The van der Waals surface area contributed by atoms with Crippen LogP contribution in [0.2, 0.25) is 0 Å². The Morgan fingerprint density at radius 3 is 1.66 bits per heavy atom. The number of carbonyl (C=O) groups is 5. The van der Waals surface area contributed by atoms with Gasteiger partial charge < -0.3 is 21.7 Å². The molecule has 0 aromatic heterocycles. The highest BCUT2D eigenvalue weighted by atomic mass is 19.3. The lowest BCUT2D eigenvalue weighted by Gasteiger charge is -2.36. The van der Waals surface area contributed by atoms with Gasteiger partial charge in [-0.25, -0.2) is 0 Å². The maximum atomic E-state index is 14.6. The first kappa shape index (κ1) is 32.6. The standard InChI is InChI=1S/C24H42F2N4O5/c1-12(2)10-16(31)29-18(15(7)8)20(33)30-17(14(5)6)19(32)23(27,11-13(3)4)21(34)24(25,26)22(35)28-9/h12-15,17-18H,10-11,27H2,1-9H3,(H,28,35)(H,29,31)(H,30,33). The molecular weight excluding hydrogens is 462 g/mol. The summed E-state index contributed by atoms with van der Waals surface area (Å²) < 4.78 is 29.2. The number of hydrogen-bond acceptors (Lipinski definition) is 6. The van der Waals surface area contributed by atoms with Crippen LogP contribution in [-0.4, -0.2) is 59.9 Å². The predicted octanol–water partition coefficient (Wildman–Crippen LogP) is 1.58. The number of ketones is 2. The second-order valence-electron chi connectivity index (χ2n) is 10.5. The summed E-state index contributed by atoms with van der Waals surface area (Å²) >= 11 is 0. The van der Waals surface area contributed by atoms with Gasteiger partial charge in [-0.3, -0.25) is 24.0 Å². The second-order valence-corrected chi connectivity index (χ2v) is 10.5. The second kappa shape index (κ2) is 13.0. The largest absolute Gasteiger partial charge is 0.383 e. The number of amides is 3. The van der Waals surface area contributed by atoms with Crippen LogP contribution in [0, 0.1) is 23.7 Å². The van der Waals surface area contributed by atoms with Gasteiger partial charge in [-0.15, -0.1) is 0 Å². The smallest absolute Gasteiger partial charge is 0.354 e. The van der Waals surface area contributed by atoms with Crippen molar-refractivity contribution in [1.29, 1.82) is 0 Å². The van der Waals surface area contributed by atoms with E-state index < -0.39 is 65.2 Å². The molecule has 3 amide bonds. The lowest BCUT2D eigenvalue weighted by molar-refractivity contribution is -0.164. The molecule has 0 bridgehead atoms. The molecule has 0 aliphatic carbocycles. The minimum absolute atomic E-state index is 0.0535. The number of halogens is 2. The number of rotatable bonds is 14. The number of carbonyl (C=O) groups excluding carboxylic acids is 5. The third-order valence-electron chi connectivity index (χ3n) is 5.48. The van der Waals surface area contributed by atoms with Crippen LogP contribution >= 0.6 is 0 Å². The Hall–Kier alpha value is -2.43. The van der Waals surface area contributed by atoms with Crippen LogP contribution in [0.5, 0.6) is 0 Å². The Morgan fingerprint density at radius 2 is 1.29 bits per heavy atom. The molecule has 3 atom stereocenters. The van der Waals surface area contributed by atoms with Crippen LogP contribution in [0.15, 0.2) is 0 Å². The van der Waals surface area contributed by atoms with Gasteiger partial charge in [-0.1, -0.05) is 55.4 Å². The number of Topliss-reactive ketones (excluding diaryl/α,β-unsaturated/α-hetero) is 2. The van der Waals surface area contributed by atoms with Crippen LogP contribution in [0.3, 0.4) is 0 Å². The lowest BCUT2D eigenvalue weighted by Crippen LogP contribution is -2.69. The van der Waals surface area contributed by atoms with Gasteiger partial charge >= 0.3 is 5.92 Å². The molecule has 9 nitrogen and oxygen atoms in total. The van der Waals surface area contributed by atoms with E-state index in [9.17, 15) is 32.8 Å². The van der Waals surface area contributed by atoms with Crippen LogP contribution in [-0.2, 0) is 24.0 Å². The van der Waals surface area contributed by atoms with Gasteiger partial charge in [-0.2, -0.15) is 8.78 Å². The predicted molar refractivity (Wildman–Crippen MR) is 128 cm³/mol. The SMILES string of the molecule is CNC(=O)C(F)(F)C(=O)C(N)(CC(C)C)C(=O)C(NC(=O)C(NC(=O)CC(C)C)C(C)C)C(C)C. The normalized spacial score (nSPS) is 15.5. The molecule has 5 N–H and O–H groups in total. The lowest BCUT2D eigenvalue weighted by atomic mass is 9.75. The zero-order chi connectivity index (χ0) is 27.9. The highest BCUT2D eigenvalue weighted by Gasteiger charge is 2.59. The molecular formula is C24H42F2N4O5. The van der Waals surface area contributed by atoms with E-state index in [1.54, 1.807) is 46.9 Å². The van der Waals surface area contributed by atoms with Gasteiger partial charge in [0, 0.05) is 13.5 Å². The molecule has 11 heteroatoms. The van der Waals surface area contributed by atoms with E-state index in [4.69, 9.17) is 5.73 Å². The monoisotopic (exact) mass is 504 g/mol. The summed E-state index contributed by atoms with van der Waals surface area (Å²) in [7, 11) is 0.933. The van der Waals surface area contributed by atoms with E-state index in [-0.39, 0.29) is 24.2 Å². The molecule has 0 fully saturated rings. The van der Waals surface area contributed by atoms with Crippen molar-refractivity contribution in [3.05, 3.63) is 0 Å². The first-order valence-corrected chi connectivity index (χ1v) is 11.9. The zero-order valence-corrected chi connectivity index (χ0v) is 22.3. The Balaban J connectivity index is 6.21. The Labute approximate surface area is 206 Å². The molecule has 3 unspecified atom stereocenters. The van der Waals surface area contributed by atoms with Crippen molar-refractivity contribution in [3.8, 4) is 0 Å². The van der Waals surface area contributed by atoms with Crippen molar-refractivity contribution in [3.63, 3.8) is 0 Å². The average Bonchev–Trinajstić information content (AvgIpc) is 2.72. The number of hydrogen-bond donors (Lipinski definition) is 4. The molecule has 0 aromatic carbocycles. The quantitative estimate of drug-likeness (QED) is 0.264. The van der Waals surface area contributed by atoms with Gasteiger partial charge in [0.05, 0.1) is 6.04 Å². The summed E-state index contributed by atoms with van der Waals surface area (Å²) in [5, 5.41) is 6.85. The van der Waals surface area contributed by atoms with Crippen LogP contribution in [0.1, 0.15) is 68.2 Å². The summed E-state index contributed by atoms with van der Waals surface area (Å²) in [5.74, 6) is -12.1. The summed E-state index contributed by atoms with van der Waals surface area (Å²) in [5.41, 5.74) is 3.33. The summed E-state index contributed by atoms with van der Waals surface area (Å²) in [6.07, 6.45) is -0.276. The minimum atomic E-state index is -4.55. The molecule has 0 aliphatic rings. The van der Waals surface area contributed by atoms with E-state index in [1.807, 2.05) is 13.8 Å². The van der Waals surface area contributed by atoms with Crippen molar-refractivity contribution in [2.24, 2.45) is 29.4 Å². The molecule has 0 rings (SSSR count). The molecule has 0 saturated carbocycles. The van der Waals surface area contributed by atoms with E-state index in [0.717, 1.165) is 7.05 Å². The Bertz CT molecular complexity index is 799. The molecule has 35 heavy (non-hydrogen) atoms. The van der Waals surface area contributed by atoms with Gasteiger partial charge in [0.2, 0.25) is 17.6 Å². The maximum absolute atomic E-state index is 14.6. The molecule has 0 spiro atoms. The molecule has 202 valence electrons. The summed E-state index contributed by atoms with van der Waals surface area (Å²) in [4.78, 5) is 63.4. The highest BCUT2D eigenvalue weighted by molar-refractivity contribution is 6.22. The topological polar surface area (TPSA) is 147 Å². The minimum Gasteiger partial charge on any atom is -0.354 e. The van der Waals surface area contributed by atoms with Crippen molar-refractivity contribution in [1.82, 2.24) is 16.0 Å². The molecule has 0 radical (unpaired) electrons. The van der Waals surface area contributed by atoms with Gasteiger partial charge in [0.1, 0.15) is 11.6 Å². The third-order valence-corrected chi connectivity index (χ3v) is 5.48. The summed E-state index contributed by atoms with van der Waals surface area (Å²) in [6, 6.07) is -2.42. The molecule has 0 aromatic rings. The fourth-order valence-corrected chi connectivity index (χ4v) is 3.68. The van der Waals surface area contributed by atoms with Crippen molar-refractivity contribution in [2.45, 2.75) is 91.8 Å². The fraction of sp³-hybridized carbons (Fsp3) is 0.792. The van der Waals surface area contributed by atoms with E-state index >= 15 is 0 Å². The van der Waals surface area contributed by atoms with E-state index in [1.165, 1.54) is 0 Å². The van der Waals surface area contributed by atoms with Crippen molar-refractivity contribution in [2.75, 3.05) is 7.05 Å². The fourth-order valence-electron chi connectivity index (χ4n) is 3.68. The van der Waals surface area contributed by atoms with E-state index in [0.29, 0.717) is 0 Å². The van der Waals surface area contributed by atoms with Crippen molar-refractivity contribution >= 4 is 29.3 Å². The highest BCUT2D eigenvalue weighted by Crippen LogP contribution is 2.29. The molecule has 0 heterocycles. The van der Waals surface area contributed by atoms with Crippen LogP contribution in [0.25, 0.3) is 0 Å². The number of nitrogens with one attached hydrogen (secondary N) is 3. The van der Waals surface area contributed by atoms with Crippen molar-refractivity contribution < 1.29 is 32.8 Å². The van der Waals surface area contributed by atoms with Crippen LogP contribution < -0.4 is 21.7 Å². The molecule has 0 aliphatic heterocycles. The van der Waals surface area contributed by atoms with Crippen LogP contribution in [0.4, 0.5) is 8.78 Å². The van der Waals surface area contributed by atoms with E-state index in [2.05, 4.69) is 10.6 Å². The van der Waals surface area contributed by atoms with Gasteiger partial charge in [0.15, 0.2) is 5.78 Å². The third kappa shape index (κ3) is 8.63. The first-order valence-electron chi connectivity index (χ1n) is 11.9. The first-order chi connectivity index (χ1) is 15.8. The maximum Gasteiger partial charge on any atom is 0.383 e. The average molecular weight is 505 g/mol. The van der Waals surface area contributed by atoms with Gasteiger partial charge in [0.25, 0.3) is 5.91 Å². The van der Waals surface area contributed by atoms with Gasteiger partial charge in [-0.05, 0) is 30.1 Å². The zero-order valence-electron chi connectivity index (χ0n) is 22.3.